The number of rotatable bonds is 8. The van der Waals surface area contributed by atoms with E-state index in [0.29, 0.717) is 0 Å². The van der Waals surface area contributed by atoms with Gasteiger partial charge in [-0.3, -0.25) is 4.55 Å². The van der Waals surface area contributed by atoms with Crippen LogP contribution in [-0.4, -0.2) is 124 Å². The molecule has 2 rings (SSSR count). The lowest BCUT2D eigenvalue weighted by molar-refractivity contribution is -0.354. The third-order valence-electron chi connectivity index (χ3n) is 5.18. The van der Waals surface area contributed by atoms with E-state index in [1.165, 1.54) is 0 Å². The molecule has 0 spiro atoms. The highest BCUT2D eigenvalue weighted by molar-refractivity contribution is 7.83. The van der Waals surface area contributed by atoms with Gasteiger partial charge in [-0.1, -0.05) is 0 Å². The molecule has 15 nitrogen and oxygen atoms in total. The second kappa shape index (κ2) is 11.4. The number of ether oxygens (including phenoxy) is 5. The fraction of sp³-hybridized carbons (Fsp3) is 0.950. The van der Waals surface area contributed by atoms with Crippen LogP contribution in [0.5, 0.6) is 0 Å². The van der Waals surface area contributed by atoms with Gasteiger partial charge in [0.05, 0.1) is 17.8 Å². The van der Waals surface area contributed by atoms with Gasteiger partial charge in [0.1, 0.15) is 42.7 Å². The van der Waals surface area contributed by atoms with Crippen LogP contribution >= 0.6 is 0 Å². The number of nitrogens with one attached hydrogen (secondary N) is 1. The molecule has 0 saturated carbocycles. The summed E-state index contributed by atoms with van der Waals surface area (Å²) in [5.74, 6) is -1.53. The van der Waals surface area contributed by atoms with Crippen LogP contribution in [-0.2, 0) is 38.8 Å². The Balaban J connectivity index is 2.34. The summed E-state index contributed by atoms with van der Waals surface area (Å²) in [6, 6.07) is -1.66. The maximum atomic E-state index is 11.8. The fourth-order valence-electron chi connectivity index (χ4n) is 3.82. The molecular weight excluding hydrogens is 510 g/mol. The molecule has 0 aromatic heterocycles. The molecule has 2 saturated heterocycles. The Morgan fingerprint density at radius 3 is 1.89 bits per heavy atom. The van der Waals surface area contributed by atoms with E-state index in [-0.39, 0.29) is 0 Å². The van der Waals surface area contributed by atoms with Gasteiger partial charge in [0.25, 0.3) is 0 Å². The molecule has 7 N–H and O–H groups in total. The molecule has 2 aliphatic rings. The number of hydrogen-bond donors (Lipinski definition) is 7. The van der Waals surface area contributed by atoms with Crippen molar-refractivity contribution in [3.8, 4) is 0 Å². The zero-order valence-corrected chi connectivity index (χ0v) is 21.7. The highest BCUT2D eigenvalue weighted by Crippen LogP contribution is 2.33. The summed E-state index contributed by atoms with van der Waals surface area (Å²) in [4.78, 5) is 11.8. The zero-order valence-electron chi connectivity index (χ0n) is 20.8. The van der Waals surface area contributed by atoms with Crippen molar-refractivity contribution in [2.45, 2.75) is 114 Å². The van der Waals surface area contributed by atoms with E-state index >= 15 is 0 Å². The molecule has 0 radical (unpaired) electrons. The lowest BCUT2D eigenvalue weighted by atomic mass is 9.95. The third kappa shape index (κ3) is 8.24. The number of carboxylic acids is 1. The van der Waals surface area contributed by atoms with E-state index in [0.717, 1.165) is 0 Å². The second-order valence-electron chi connectivity index (χ2n) is 10.6. The number of hydrogen-bond acceptors (Lipinski definition) is 12. The van der Waals surface area contributed by atoms with E-state index < -0.39 is 95.4 Å². The van der Waals surface area contributed by atoms with Gasteiger partial charge in [-0.15, -0.1) is 0 Å². The number of carboxylic acid groups (broad SMARTS) is 1. The van der Waals surface area contributed by atoms with Gasteiger partial charge >= 0.3 is 16.3 Å². The largest absolute Gasteiger partial charge is 0.479 e. The molecule has 2 fully saturated rings. The third-order valence-corrected chi connectivity index (χ3v) is 5.75. The van der Waals surface area contributed by atoms with Gasteiger partial charge in [-0.25, -0.2) is 4.79 Å². The Kier molecular flexibility index (Phi) is 9.87. The predicted molar refractivity (Wildman–Crippen MR) is 119 cm³/mol. The molecule has 2 heterocycles. The minimum Gasteiger partial charge on any atom is -0.479 e. The van der Waals surface area contributed by atoms with Gasteiger partial charge < -0.3 is 49.2 Å². The Morgan fingerprint density at radius 1 is 0.889 bits per heavy atom. The molecule has 4 unspecified atom stereocenters. The number of aliphatic carboxylic acids is 1. The van der Waals surface area contributed by atoms with Crippen molar-refractivity contribution in [1.82, 2.24) is 4.72 Å². The van der Waals surface area contributed by atoms with Gasteiger partial charge in [-0.2, -0.15) is 13.1 Å². The van der Waals surface area contributed by atoms with E-state index in [1.807, 2.05) is 0 Å². The summed E-state index contributed by atoms with van der Waals surface area (Å²) in [7, 11) is -4.89. The van der Waals surface area contributed by atoms with Gasteiger partial charge in [0.15, 0.2) is 18.7 Å². The molecule has 10 atom stereocenters. The standard InChI is InChI=1S/C20H37NO14S/c1-19(2,3)34-14-11(24)12(25)18(33-15(14)16(26)27)32-13-8(7-22)31-17(35-20(4,5)6)9(10(13)23)21-36(28,29)30/h8-15,17-18,21-25H,7H2,1-6H3,(H,26,27)(H,28,29,30)/t8?,9?,10-,11-,12?,13+,14-,15?,17+,18+/m0/s1. The monoisotopic (exact) mass is 547 g/mol. The van der Waals surface area contributed by atoms with E-state index in [9.17, 15) is 43.3 Å². The van der Waals surface area contributed by atoms with Crippen molar-refractivity contribution in [3.63, 3.8) is 0 Å². The van der Waals surface area contributed by atoms with E-state index in [1.54, 1.807) is 46.3 Å². The predicted octanol–water partition coefficient (Wildman–Crippen LogP) is -2.26. The Hall–Kier alpha value is -1.02. The van der Waals surface area contributed by atoms with E-state index in [2.05, 4.69) is 0 Å². The van der Waals surface area contributed by atoms with Crippen LogP contribution < -0.4 is 4.72 Å². The Labute approximate surface area is 209 Å². The smallest absolute Gasteiger partial charge is 0.335 e. The highest BCUT2D eigenvalue weighted by Gasteiger charge is 2.54. The quantitative estimate of drug-likeness (QED) is 0.159. The van der Waals surface area contributed by atoms with Crippen LogP contribution in [0.1, 0.15) is 41.5 Å². The minimum atomic E-state index is -4.89. The molecule has 0 bridgehead atoms. The normalized spacial score (nSPS) is 38.6. The molecule has 16 heteroatoms. The molecule has 36 heavy (non-hydrogen) atoms. The van der Waals surface area contributed by atoms with Crippen LogP contribution in [0.3, 0.4) is 0 Å². The van der Waals surface area contributed by atoms with Crippen LogP contribution in [0.25, 0.3) is 0 Å². The van der Waals surface area contributed by atoms with Crippen LogP contribution in [0.15, 0.2) is 0 Å². The Morgan fingerprint density at radius 2 is 1.44 bits per heavy atom. The molecule has 212 valence electrons. The minimum absolute atomic E-state index is 0.784. The summed E-state index contributed by atoms with van der Waals surface area (Å²) in [5, 5.41) is 51.6. The van der Waals surface area contributed by atoms with Crippen molar-refractivity contribution < 1.29 is 67.0 Å². The second-order valence-corrected chi connectivity index (χ2v) is 11.8. The lowest BCUT2D eigenvalue weighted by Crippen LogP contribution is -2.68. The molecule has 0 aliphatic carbocycles. The molecule has 0 amide bonds. The number of carbonyl (C=O) groups is 1. The first-order valence-corrected chi connectivity index (χ1v) is 12.6. The van der Waals surface area contributed by atoms with Gasteiger partial charge in [0, 0.05) is 0 Å². The Bertz CT molecular complexity index is 855. The van der Waals surface area contributed by atoms with Crippen LogP contribution in [0, 0.1) is 0 Å². The molecule has 0 aromatic carbocycles. The van der Waals surface area contributed by atoms with Crippen LogP contribution in [0.2, 0.25) is 0 Å². The van der Waals surface area contributed by atoms with Crippen molar-refractivity contribution >= 4 is 16.3 Å². The van der Waals surface area contributed by atoms with E-state index in [4.69, 9.17) is 23.7 Å². The summed E-state index contributed by atoms with van der Waals surface area (Å²) >= 11 is 0. The summed E-state index contributed by atoms with van der Waals surface area (Å²) in [5.41, 5.74) is -1.83. The van der Waals surface area contributed by atoms with Crippen molar-refractivity contribution in [2.24, 2.45) is 0 Å². The van der Waals surface area contributed by atoms with Crippen molar-refractivity contribution in [1.29, 1.82) is 0 Å². The lowest BCUT2D eigenvalue weighted by Gasteiger charge is -2.48. The number of aliphatic hydroxyl groups is 4. The number of aliphatic hydroxyl groups excluding tert-OH is 4. The first-order chi connectivity index (χ1) is 16.2. The average molecular weight is 548 g/mol. The SMILES string of the molecule is CC(C)(C)O[C@H]1OC(CO)[C@@H](O[C@@H]2OC(C(=O)O)[C@@H](OC(C)(C)C)[C@@H](O)C2O)[C@@H](O)C1NS(=O)(=O)O. The van der Waals surface area contributed by atoms with Crippen molar-refractivity contribution in [3.05, 3.63) is 0 Å². The molecule has 0 aromatic rings. The average Bonchev–Trinajstić information content (AvgIpc) is 2.68. The molecule has 2 aliphatic heterocycles. The maximum Gasteiger partial charge on any atom is 0.335 e. The topological polar surface area (TPSA) is 231 Å². The first kappa shape index (κ1) is 31.2. The summed E-state index contributed by atoms with van der Waals surface area (Å²) in [6.45, 7) is 8.86. The van der Waals surface area contributed by atoms with Gasteiger partial charge in [0.2, 0.25) is 0 Å². The highest BCUT2D eigenvalue weighted by atomic mass is 32.2. The zero-order chi connectivity index (χ0) is 27.8. The maximum absolute atomic E-state index is 11.8. The fourth-order valence-corrected chi connectivity index (χ4v) is 4.42. The van der Waals surface area contributed by atoms with Crippen molar-refractivity contribution in [2.75, 3.05) is 6.61 Å². The summed E-state index contributed by atoms with van der Waals surface area (Å²) < 4.78 is 61.8. The summed E-state index contributed by atoms with van der Waals surface area (Å²) in [6.07, 6.45) is -15.2. The molecular formula is C20H37NO14S. The first-order valence-electron chi connectivity index (χ1n) is 11.2. The van der Waals surface area contributed by atoms with Crippen LogP contribution in [0.4, 0.5) is 0 Å². The van der Waals surface area contributed by atoms with Gasteiger partial charge in [-0.05, 0) is 41.5 Å².